The number of amides is 1. The number of aromatic nitrogens is 2. The van der Waals surface area contributed by atoms with Gasteiger partial charge >= 0.3 is 0 Å². The van der Waals surface area contributed by atoms with Crippen LogP contribution in [0.1, 0.15) is 6.42 Å². The van der Waals surface area contributed by atoms with Crippen molar-refractivity contribution >= 4 is 23.2 Å². The van der Waals surface area contributed by atoms with Crippen LogP contribution >= 0.6 is 11.6 Å². The molecule has 1 aromatic carbocycles. The molecule has 1 N–H and O–H groups in total. The number of rotatable bonds is 4. The van der Waals surface area contributed by atoms with Gasteiger partial charge in [0.25, 0.3) is 0 Å². The van der Waals surface area contributed by atoms with E-state index >= 15 is 0 Å². The lowest BCUT2D eigenvalue weighted by Crippen LogP contribution is -2.13. The van der Waals surface area contributed by atoms with Crippen LogP contribution in [0.15, 0.2) is 42.7 Å². The lowest BCUT2D eigenvalue weighted by molar-refractivity contribution is -0.115. The van der Waals surface area contributed by atoms with Crippen LogP contribution in [0.3, 0.4) is 0 Å². The van der Waals surface area contributed by atoms with Crippen LogP contribution in [0.25, 0.3) is 5.69 Å². The molecule has 5 heteroatoms. The lowest BCUT2D eigenvalue weighted by atomic mass is 10.2. The molecule has 17 heavy (non-hydrogen) atoms. The third-order valence-corrected chi connectivity index (χ3v) is 2.44. The number of alkyl halides is 1. The van der Waals surface area contributed by atoms with Gasteiger partial charge in [0.05, 0.1) is 11.4 Å². The number of para-hydroxylation sites is 2. The summed E-state index contributed by atoms with van der Waals surface area (Å²) < 4.78 is 1.70. The van der Waals surface area contributed by atoms with Crippen LogP contribution in [0.4, 0.5) is 5.69 Å². The Kier molecular flexibility index (Phi) is 3.77. The molecule has 0 unspecified atom stereocenters. The maximum Gasteiger partial charge on any atom is 0.225 e. The van der Waals surface area contributed by atoms with Crippen LogP contribution in [0.2, 0.25) is 0 Å². The molecule has 1 amide bonds. The molecular formula is C12H12ClN3O. The van der Waals surface area contributed by atoms with Crippen LogP contribution in [0.5, 0.6) is 0 Å². The number of halogens is 1. The fourth-order valence-corrected chi connectivity index (χ4v) is 1.66. The van der Waals surface area contributed by atoms with E-state index in [9.17, 15) is 4.79 Å². The number of anilines is 1. The van der Waals surface area contributed by atoms with E-state index in [-0.39, 0.29) is 5.91 Å². The summed E-state index contributed by atoms with van der Waals surface area (Å²) in [4.78, 5) is 11.5. The van der Waals surface area contributed by atoms with Gasteiger partial charge in [0.15, 0.2) is 0 Å². The van der Waals surface area contributed by atoms with Gasteiger partial charge in [0.1, 0.15) is 0 Å². The summed E-state index contributed by atoms with van der Waals surface area (Å²) in [5.41, 5.74) is 1.56. The van der Waals surface area contributed by atoms with Crippen LogP contribution in [-0.2, 0) is 4.79 Å². The molecule has 4 nitrogen and oxygen atoms in total. The Morgan fingerprint density at radius 3 is 2.88 bits per heavy atom. The number of nitrogens with zero attached hydrogens (tertiary/aromatic N) is 2. The SMILES string of the molecule is O=C(CCCl)Nc1ccccc1-n1cccn1. The molecule has 0 aliphatic carbocycles. The van der Waals surface area contributed by atoms with Gasteiger partial charge in [-0.25, -0.2) is 4.68 Å². The van der Waals surface area contributed by atoms with Crippen LogP contribution in [0, 0.1) is 0 Å². The van der Waals surface area contributed by atoms with Crippen molar-refractivity contribution in [2.75, 3.05) is 11.2 Å². The molecule has 0 saturated carbocycles. The molecule has 1 aromatic heterocycles. The Morgan fingerprint density at radius 1 is 1.35 bits per heavy atom. The van der Waals surface area contributed by atoms with Crippen molar-refractivity contribution < 1.29 is 4.79 Å². The molecule has 0 atom stereocenters. The van der Waals surface area contributed by atoms with Crippen molar-refractivity contribution in [2.24, 2.45) is 0 Å². The Balaban J connectivity index is 2.25. The monoisotopic (exact) mass is 249 g/mol. The molecule has 2 rings (SSSR count). The van der Waals surface area contributed by atoms with Crippen LogP contribution < -0.4 is 5.32 Å². The number of carbonyl (C=O) groups excluding carboxylic acids is 1. The second-order valence-electron chi connectivity index (χ2n) is 3.45. The average molecular weight is 250 g/mol. The van der Waals surface area contributed by atoms with E-state index in [0.717, 1.165) is 11.4 Å². The van der Waals surface area contributed by atoms with Gasteiger partial charge in [0.2, 0.25) is 5.91 Å². The maximum absolute atomic E-state index is 11.5. The zero-order chi connectivity index (χ0) is 12.1. The second kappa shape index (κ2) is 5.50. The quantitative estimate of drug-likeness (QED) is 0.846. The topological polar surface area (TPSA) is 46.9 Å². The van der Waals surface area contributed by atoms with E-state index in [2.05, 4.69) is 10.4 Å². The smallest absolute Gasteiger partial charge is 0.225 e. The largest absolute Gasteiger partial charge is 0.324 e. The summed E-state index contributed by atoms with van der Waals surface area (Å²) in [5.74, 6) is 0.218. The Hall–Kier alpha value is -1.81. The highest BCUT2D eigenvalue weighted by Gasteiger charge is 2.07. The summed E-state index contributed by atoms with van der Waals surface area (Å²) >= 11 is 5.52. The molecule has 0 aliphatic rings. The van der Waals surface area contributed by atoms with E-state index in [1.54, 1.807) is 10.9 Å². The van der Waals surface area contributed by atoms with Gasteiger partial charge in [-0.1, -0.05) is 12.1 Å². The summed E-state index contributed by atoms with van der Waals surface area (Å²) in [7, 11) is 0. The highest BCUT2D eigenvalue weighted by atomic mass is 35.5. The standard InChI is InChI=1S/C12H12ClN3O/c13-7-6-12(17)15-10-4-1-2-5-11(10)16-9-3-8-14-16/h1-5,8-9H,6-7H2,(H,15,17). The van der Waals surface area contributed by atoms with Gasteiger partial charge in [-0.05, 0) is 18.2 Å². The number of benzene rings is 1. The second-order valence-corrected chi connectivity index (χ2v) is 3.83. The predicted molar refractivity (Wildman–Crippen MR) is 67.5 cm³/mol. The van der Waals surface area contributed by atoms with Crippen molar-refractivity contribution in [3.05, 3.63) is 42.7 Å². The summed E-state index contributed by atoms with van der Waals surface area (Å²) in [6, 6.07) is 9.32. The number of hydrogen-bond donors (Lipinski definition) is 1. The molecule has 2 aromatic rings. The third-order valence-electron chi connectivity index (χ3n) is 2.25. The molecule has 1 heterocycles. The zero-order valence-electron chi connectivity index (χ0n) is 9.14. The first kappa shape index (κ1) is 11.7. The van der Waals surface area contributed by atoms with Crippen molar-refractivity contribution in [1.82, 2.24) is 9.78 Å². The zero-order valence-corrected chi connectivity index (χ0v) is 9.89. The fraction of sp³-hybridized carbons (Fsp3) is 0.167. The first-order valence-electron chi connectivity index (χ1n) is 5.26. The Labute approximate surface area is 104 Å². The molecule has 0 bridgehead atoms. The van der Waals surface area contributed by atoms with E-state index in [0.29, 0.717) is 12.3 Å². The molecule has 0 spiro atoms. The number of carbonyl (C=O) groups is 1. The molecular weight excluding hydrogens is 238 g/mol. The summed E-state index contributed by atoms with van der Waals surface area (Å²) in [5, 5.41) is 6.96. The fourth-order valence-electron chi connectivity index (χ4n) is 1.49. The van der Waals surface area contributed by atoms with Crippen molar-refractivity contribution in [3.63, 3.8) is 0 Å². The minimum atomic E-state index is -0.0976. The van der Waals surface area contributed by atoms with Crippen molar-refractivity contribution in [1.29, 1.82) is 0 Å². The Morgan fingerprint density at radius 2 is 2.18 bits per heavy atom. The van der Waals surface area contributed by atoms with Crippen molar-refractivity contribution in [3.8, 4) is 5.69 Å². The first-order chi connectivity index (χ1) is 8.31. The van der Waals surface area contributed by atoms with Crippen molar-refractivity contribution in [2.45, 2.75) is 6.42 Å². The summed E-state index contributed by atoms with van der Waals surface area (Å²) in [6.07, 6.45) is 3.82. The molecule has 0 aliphatic heterocycles. The normalized spacial score (nSPS) is 10.2. The van der Waals surface area contributed by atoms with Gasteiger partial charge in [0, 0.05) is 24.7 Å². The van der Waals surface area contributed by atoms with Gasteiger partial charge < -0.3 is 5.32 Å². The van der Waals surface area contributed by atoms with Gasteiger partial charge in [-0.2, -0.15) is 5.10 Å². The van der Waals surface area contributed by atoms with E-state index in [1.165, 1.54) is 0 Å². The highest BCUT2D eigenvalue weighted by molar-refractivity contribution is 6.19. The Bertz CT molecular complexity index is 496. The third kappa shape index (κ3) is 2.85. The first-order valence-corrected chi connectivity index (χ1v) is 5.79. The highest BCUT2D eigenvalue weighted by Crippen LogP contribution is 2.19. The van der Waals surface area contributed by atoms with Gasteiger partial charge in [-0.3, -0.25) is 4.79 Å². The van der Waals surface area contributed by atoms with E-state index < -0.39 is 0 Å². The number of nitrogens with one attached hydrogen (secondary N) is 1. The molecule has 0 saturated heterocycles. The molecule has 0 fully saturated rings. The van der Waals surface area contributed by atoms with Crippen LogP contribution in [-0.4, -0.2) is 21.6 Å². The average Bonchev–Trinajstić information content (AvgIpc) is 2.83. The van der Waals surface area contributed by atoms with E-state index in [1.807, 2.05) is 36.5 Å². The minimum absolute atomic E-state index is 0.0976. The minimum Gasteiger partial charge on any atom is -0.324 e. The number of hydrogen-bond acceptors (Lipinski definition) is 2. The molecule has 88 valence electrons. The molecule has 0 radical (unpaired) electrons. The predicted octanol–water partition coefficient (Wildman–Crippen LogP) is 2.44. The summed E-state index contributed by atoms with van der Waals surface area (Å²) in [6.45, 7) is 0. The van der Waals surface area contributed by atoms with E-state index in [4.69, 9.17) is 11.6 Å². The lowest BCUT2D eigenvalue weighted by Gasteiger charge is -2.10. The van der Waals surface area contributed by atoms with Gasteiger partial charge in [-0.15, -0.1) is 11.6 Å². The maximum atomic E-state index is 11.5.